The second-order valence-electron chi connectivity index (χ2n) is 7.11. The first kappa shape index (κ1) is 17.4. The van der Waals surface area contributed by atoms with E-state index in [1.165, 1.54) is 0 Å². The highest BCUT2D eigenvalue weighted by molar-refractivity contribution is 6.00. The Morgan fingerprint density at radius 3 is 2.74 bits per heavy atom. The monoisotopic (exact) mass is 361 g/mol. The van der Waals surface area contributed by atoms with Crippen molar-refractivity contribution < 1.29 is 9.84 Å². The number of aliphatic hydroxyl groups excluding tert-OH is 1. The molecule has 1 heterocycles. The average Bonchev–Trinajstić information content (AvgIpc) is 3.14. The van der Waals surface area contributed by atoms with Gasteiger partial charge in [-0.05, 0) is 55.5 Å². The van der Waals surface area contributed by atoms with Crippen LogP contribution in [0.1, 0.15) is 31.2 Å². The van der Waals surface area contributed by atoms with Gasteiger partial charge >= 0.3 is 0 Å². The Balaban J connectivity index is 1.72. The Morgan fingerprint density at radius 1 is 1.19 bits per heavy atom. The fraction of sp³-hybridized carbons (Fsp3) is 0.318. The van der Waals surface area contributed by atoms with E-state index in [1.807, 2.05) is 42.6 Å². The Labute approximate surface area is 158 Å². The van der Waals surface area contributed by atoms with Crippen molar-refractivity contribution in [1.29, 1.82) is 5.26 Å². The number of hydrogen-bond acceptors (Lipinski definition) is 4. The molecule has 0 saturated heterocycles. The number of rotatable bonds is 4. The number of benzene rings is 2. The molecular formula is C22H23N3O2. The third kappa shape index (κ3) is 3.36. The van der Waals surface area contributed by atoms with Crippen molar-refractivity contribution in [3.63, 3.8) is 0 Å². The number of anilines is 1. The number of nitrogens with one attached hydrogen (secondary N) is 2. The van der Waals surface area contributed by atoms with Gasteiger partial charge in [0.05, 0.1) is 24.5 Å². The fourth-order valence-electron chi connectivity index (χ4n) is 3.92. The highest BCUT2D eigenvalue weighted by Crippen LogP contribution is 2.37. The van der Waals surface area contributed by atoms with Crippen LogP contribution in [0.3, 0.4) is 0 Å². The third-order valence-electron chi connectivity index (χ3n) is 5.39. The number of aromatic amines is 1. The number of H-pyrrole nitrogens is 1. The molecule has 4 rings (SSSR count). The lowest BCUT2D eigenvalue weighted by atomic mass is 9.92. The van der Waals surface area contributed by atoms with Gasteiger partial charge in [0.2, 0.25) is 0 Å². The van der Waals surface area contributed by atoms with Crippen molar-refractivity contribution in [2.45, 2.75) is 37.8 Å². The summed E-state index contributed by atoms with van der Waals surface area (Å²) < 4.78 is 5.54. The van der Waals surface area contributed by atoms with E-state index < -0.39 is 0 Å². The SMILES string of the molecule is COc1cccc2[nH]cc(-c3ccc(C#N)c(NC4CCC(O)CC4)c3)c12. The Bertz CT molecular complexity index is 994. The molecule has 0 spiro atoms. The van der Waals surface area contributed by atoms with Crippen LogP contribution in [0.5, 0.6) is 5.75 Å². The molecule has 0 bridgehead atoms. The summed E-state index contributed by atoms with van der Waals surface area (Å²) in [6, 6.07) is 14.4. The van der Waals surface area contributed by atoms with Gasteiger partial charge in [-0.1, -0.05) is 12.1 Å². The van der Waals surface area contributed by atoms with Gasteiger partial charge in [0, 0.05) is 28.7 Å². The Morgan fingerprint density at radius 2 is 2.00 bits per heavy atom. The first-order chi connectivity index (χ1) is 13.2. The van der Waals surface area contributed by atoms with Gasteiger partial charge in [0.1, 0.15) is 11.8 Å². The molecule has 5 heteroatoms. The molecule has 138 valence electrons. The van der Waals surface area contributed by atoms with E-state index in [4.69, 9.17) is 4.74 Å². The number of ether oxygens (including phenoxy) is 1. The smallest absolute Gasteiger partial charge is 0.128 e. The van der Waals surface area contributed by atoms with Crippen LogP contribution < -0.4 is 10.1 Å². The molecule has 5 nitrogen and oxygen atoms in total. The number of aliphatic hydroxyl groups is 1. The molecule has 1 fully saturated rings. The summed E-state index contributed by atoms with van der Waals surface area (Å²) in [5.41, 5.74) is 4.58. The molecule has 0 unspecified atom stereocenters. The summed E-state index contributed by atoms with van der Waals surface area (Å²) in [5, 5.41) is 23.8. The zero-order valence-corrected chi connectivity index (χ0v) is 15.3. The minimum atomic E-state index is -0.191. The van der Waals surface area contributed by atoms with Crippen molar-refractivity contribution in [1.82, 2.24) is 4.98 Å². The molecule has 0 atom stereocenters. The molecule has 3 N–H and O–H groups in total. The minimum Gasteiger partial charge on any atom is -0.496 e. The lowest BCUT2D eigenvalue weighted by molar-refractivity contribution is 0.126. The standard InChI is InChI=1S/C22H23N3O2/c1-27-21-4-2-3-19-22(21)18(13-24-19)14-5-6-15(12-23)20(11-14)25-16-7-9-17(26)10-8-16/h2-6,11,13,16-17,24-26H,7-10H2,1H3. The highest BCUT2D eigenvalue weighted by atomic mass is 16.5. The first-order valence-electron chi connectivity index (χ1n) is 9.33. The van der Waals surface area contributed by atoms with Gasteiger partial charge in [0.25, 0.3) is 0 Å². The Hall–Kier alpha value is -2.97. The summed E-state index contributed by atoms with van der Waals surface area (Å²) in [6.07, 6.45) is 5.23. The molecule has 0 aliphatic heterocycles. The van der Waals surface area contributed by atoms with Gasteiger partial charge in [-0.15, -0.1) is 0 Å². The van der Waals surface area contributed by atoms with Crippen LogP contribution in [-0.2, 0) is 0 Å². The van der Waals surface area contributed by atoms with E-state index in [2.05, 4.69) is 16.4 Å². The van der Waals surface area contributed by atoms with E-state index in [9.17, 15) is 10.4 Å². The maximum atomic E-state index is 9.72. The molecule has 1 aliphatic carbocycles. The summed E-state index contributed by atoms with van der Waals surface area (Å²) >= 11 is 0. The molecule has 0 amide bonds. The van der Waals surface area contributed by atoms with E-state index >= 15 is 0 Å². The summed E-state index contributed by atoms with van der Waals surface area (Å²) in [7, 11) is 1.68. The van der Waals surface area contributed by atoms with Crippen molar-refractivity contribution in [2.24, 2.45) is 0 Å². The highest BCUT2D eigenvalue weighted by Gasteiger charge is 2.20. The number of nitriles is 1. The van der Waals surface area contributed by atoms with Crippen molar-refractivity contribution in [2.75, 3.05) is 12.4 Å². The van der Waals surface area contributed by atoms with E-state index in [0.29, 0.717) is 5.56 Å². The van der Waals surface area contributed by atoms with Gasteiger partial charge in [-0.2, -0.15) is 5.26 Å². The number of methoxy groups -OCH3 is 1. The molecular weight excluding hydrogens is 338 g/mol. The number of hydrogen-bond donors (Lipinski definition) is 3. The van der Waals surface area contributed by atoms with Crippen LogP contribution in [0.4, 0.5) is 5.69 Å². The summed E-state index contributed by atoms with van der Waals surface area (Å²) in [5.74, 6) is 0.823. The van der Waals surface area contributed by atoms with Gasteiger partial charge in [-0.3, -0.25) is 0 Å². The third-order valence-corrected chi connectivity index (χ3v) is 5.39. The molecule has 1 aliphatic rings. The van der Waals surface area contributed by atoms with Crippen LogP contribution in [0.15, 0.2) is 42.6 Å². The average molecular weight is 361 g/mol. The summed E-state index contributed by atoms with van der Waals surface area (Å²) in [6.45, 7) is 0. The van der Waals surface area contributed by atoms with E-state index in [0.717, 1.165) is 59.2 Å². The van der Waals surface area contributed by atoms with Gasteiger partial charge in [0.15, 0.2) is 0 Å². The van der Waals surface area contributed by atoms with E-state index in [-0.39, 0.29) is 12.1 Å². The van der Waals surface area contributed by atoms with E-state index in [1.54, 1.807) is 7.11 Å². The Kier molecular flexibility index (Phi) is 4.74. The zero-order chi connectivity index (χ0) is 18.8. The second kappa shape index (κ2) is 7.34. The normalized spacial score (nSPS) is 19.6. The second-order valence-corrected chi connectivity index (χ2v) is 7.11. The molecule has 1 aromatic heterocycles. The van der Waals surface area contributed by atoms with Crippen molar-refractivity contribution in [3.8, 4) is 22.9 Å². The van der Waals surface area contributed by atoms with Crippen LogP contribution >= 0.6 is 0 Å². The molecule has 3 aromatic rings. The zero-order valence-electron chi connectivity index (χ0n) is 15.3. The predicted octanol–water partition coefficient (Wildman–Crippen LogP) is 4.43. The summed E-state index contributed by atoms with van der Waals surface area (Å²) in [4.78, 5) is 3.30. The fourth-order valence-corrected chi connectivity index (χ4v) is 3.92. The lowest BCUT2D eigenvalue weighted by Gasteiger charge is -2.27. The largest absolute Gasteiger partial charge is 0.496 e. The number of fused-ring (bicyclic) bond motifs is 1. The van der Waals surface area contributed by atoms with Crippen LogP contribution in [-0.4, -0.2) is 29.3 Å². The molecule has 2 aromatic carbocycles. The molecule has 1 saturated carbocycles. The maximum Gasteiger partial charge on any atom is 0.128 e. The topological polar surface area (TPSA) is 81.1 Å². The quantitative estimate of drug-likeness (QED) is 0.642. The minimum absolute atomic E-state index is 0.191. The van der Waals surface area contributed by atoms with Crippen LogP contribution in [0.25, 0.3) is 22.0 Å². The number of aromatic nitrogens is 1. The maximum absolute atomic E-state index is 9.72. The number of nitrogens with zero attached hydrogens (tertiary/aromatic N) is 1. The van der Waals surface area contributed by atoms with Crippen LogP contribution in [0, 0.1) is 11.3 Å². The first-order valence-corrected chi connectivity index (χ1v) is 9.33. The predicted molar refractivity (Wildman–Crippen MR) is 107 cm³/mol. The molecule has 0 radical (unpaired) electrons. The molecule has 27 heavy (non-hydrogen) atoms. The van der Waals surface area contributed by atoms with Crippen molar-refractivity contribution in [3.05, 3.63) is 48.2 Å². The lowest BCUT2D eigenvalue weighted by Crippen LogP contribution is -2.28. The van der Waals surface area contributed by atoms with Crippen molar-refractivity contribution >= 4 is 16.6 Å². The van der Waals surface area contributed by atoms with Crippen LogP contribution in [0.2, 0.25) is 0 Å². The van der Waals surface area contributed by atoms with Gasteiger partial charge < -0.3 is 20.1 Å². The van der Waals surface area contributed by atoms with Gasteiger partial charge in [-0.25, -0.2) is 0 Å².